The minimum atomic E-state index is -0.603. The van der Waals surface area contributed by atoms with E-state index in [1.165, 1.54) is 11.0 Å². The zero-order valence-electron chi connectivity index (χ0n) is 14.9. The Morgan fingerprint density at radius 2 is 1.93 bits per heavy atom. The Morgan fingerprint density at radius 3 is 2.69 bits per heavy atom. The van der Waals surface area contributed by atoms with E-state index in [4.69, 9.17) is 32.7 Å². The molecule has 1 amide bonds. The molecule has 0 fully saturated rings. The molecule has 0 saturated heterocycles. The lowest BCUT2D eigenvalue weighted by molar-refractivity contribution is -0.116. The number of halogens is 2. The van der Waals surface area contributed by atoms with Crippen molar-refractivity contribution in [1.29, 1.82) is 0 Å². The number of ether oxygens (including phenoxy) is 2. The van der Waals surface area contributed by atoms with Gasteiger partial charge in [0.05, 0.1) is 16.3 Å². The van der Waals surface area contributed by atoms with Gasteiger partial charge in [-0.25, -0.2) is 9.48 Å². The number of aromatic nitrogens is 4. The third-order valence-corrected chi connectivity index (χ3v) is 4.12. The minimum absolute atomic E-state index is 0.00923. The Labute approximate surface area is 175 Å². The Balaban J connectivity index is 1.53. The minimum Gasteiger partial charge on any atom is -0.488 e. The van der Waals surface area contributed by atoms with E-state index in [0.717, 1.165) is 0 Å². The van der Waals surface area contributed by atoms with Crippen molar-refractivity contribution in [3.8, 4) is 5.75 Å². The highest BCUT2D eigenvalue weighted by Gasteiger charge is 2.15. The van der Waals surface area contributed by atoms with Crippen molar-refractivity contribution in [2.75, 3.05) is 18.5 Å². The Hall–Kier alpha value is -3.17. The molecule has 0 atom stereocenters. The molecule has 0 spiro atoms. The largest absolute Gasteiger partial charge is 0.488 e. The van der Waals surface area contributed by atoms with Crippen LogP contribution in [0.4, 0.5) is 5.69 Å². The van der Waals surface area contributed by atoms with Crippen LogP contribution in [-0.2, 0) is 16.1 Å². The number of anilines is 1. The molecule has 0 aliphatic rings. The van der Waals surface area contributed by atoms with Crippen molar-refractivity contribution >= 4 is 40.8 Å². The van der Waals surface area contributed by atoms with E-state index in [0.29, 0.717) is 21.5 Å². The van der Waals surface area contributed by atoms with E-state index in [1.54, 1.807) is 42.5 Å². The van der Waals surface area contributed by atoms with Gasteiger partial charge in [-0.3, -0.25) is 4.79 Å². The average Bonchev–Trinajstić information content (AvgIpc) is 3.19. The van der Waals surface area contributed by atoms with Gasteiger partial charge in [-0.1, -0.05) is 35.3 Å². The molecule has 0 aliphatic carbocycles. The van der Waals surface area contributed by atoms with Crippen LogP contribution in [0.3, 0.4) is 0 Å². The summed E-state index contributed by atoms with van der Waals surface area (Å²) in [5.41, 5.74) is 0.527. The quantitative estimate of drug-likeness (QED) is 0.427. The number of nitrogens with zero attached hydrogens (tertiary/aromatic N) is 4. The summed E-state index contributed by atoms with van der Waals surface area (Å²) < 4.78 is 12.0. The van der Waals surface area contributed by atoms with Gasteiger partial charge >= 0.3 is 5.97 Å². The summed E-state index contributed by atoms with van der Waals surface area (Å²) in [6.45, 7) is -0.00230. The standard InChI is InChI=1S/C18H15Cl2N5O4/c19-12-5-6-16(14(20)9-12)28-7-8-29-18(27)13-3-1-2-4-15(13)22-17(26)10-25-11-21-23-24-25/h1-6,9,11H,7-8,10H2,(H,22,26). The van der Waals surface area contributed by atoms with Crippen molar-refractivity contribution < 1.29 is 19.1 Å². The summed E-state index contributed by atoms with van der Waals surface area (Å²) in [5.74, 6) is -0.560. The van der Waals surface area contributed by atoms with Gasteiger partial charge in [0, 0.05) is 5.02 Å². The van der Waals surface area contributed by atoms with E-state index in [2.05, 4.69) is 20.8 Å². The second-order valence-electron chi connectivity index (χ2n) is 5.66. The lowest BCUT2D eigenvalue weighted by Crippen LogP contribution is -2.21. The van der Waals surface area contributed by atoms with Crippen molar-refractivity contribution in [1.82, 2.24) is 20.2 Å². The number of esters is 1. The second kappa shape index (κ2) is 9.85. The molecule has 1 aromatic heterocycles. The Bertz CT molecular complexity index is 998. The van der Waals surface area contributed by atoms with Gasteiger partial charge in [-0.2, -0.15) is 0 Å². The molecule has 29 heavy (non-hydrogen) atoms. The van der Waals surface area contributed by atoms with Gasteiger partial charge in [0.2, 0.25) is 5.91 Å². The third-order valence-electron chi connectivity index (χ3n) is 3.59. The van der Waals surface area contributed by atoms with Gasteiger partial charge in [-0.05, 0) is 40.8 Å². The van der Waals surface area contributed by atoms with E-state index in [-0.39, 0.29) is 25.3 Å². The molecule has 2 aromatic carbocycles. The van der Waals surface area contributed by atoms with Crippen LogP contribution >= 0.6 is 23.2 Å². The van der Waals surface area contributed by atoms with Crippen molar-refractivity contribution in [2.24, 2.45) is 0 Å². The maximum Gasteiger partial charge on any atom is 0.340 e. The fourth-order valence-electron chi connectivity index (χ4n) is 2.32. The molecule has 0 aliphatic heterocycles. The molecule has 1 heterocycles. The number of hydrogen-bond acceptors (Lipinski definition) is 7. The van der Waals surface area contributed by atoms with Crippen LogP contribution in [0.2, 0.25) is 10.0 Å². The van der Waals surface area contributed by atoms with E-state index in [9.17, 15) is 9.59 Å². The van der Waals surface area contributed by atoms with Gasteiger partial charge < -0.3 is 14.8 Å². The predicted octanol–water partition coefficient (Wildman–Crippen LogP) is 2.85. The molecule has 1 N–H and O–H groups in total. The van der Waals surface area contributed by atoms with Crippen LogP contribution in [0.1, 0.15) is 10.4 Å². The topological polar surface area (TPSA) is 108 Å². The summed E-state index contributed by atoms with van der Waals surface area (Å²) in [6.07, 6.45) is 1.31. The highest BCUT2D eigenvalue weighted by molar-refractivity contribution is 6.35. The molecule has 0 unspecified atom stereocenters. The first-order chi connectivity index (χ1) is 14.0. The van der Waals surface area contributed by atoms with Gasteiger partial charge in [-0.15, -0.1) is 5.10 Å². The van der Waals surface area contributed by atoms with Crippen molar-refractivity contribution in [3.63, 3.8) is 0 Å². The zero-order valence-corrected chi connectivity index (χ0v) is 16.4. The molecular formula is C18H15Cl2N5O4. The van der Waals surface area contributed by atoms with E-state index < -0.39 is 11.9 Å². The number of amides is 1. The zero-order chi connectivity index (χ0) is 20.6. The Morgan fingerprint density at radius 1 is 1.10 bits per heavy atom. The number of carbonyl (C=O) groups excluding carboxylic acids is 2. The first-order valence-electron chi connectivity index (χ1n) is 8.37. The van der Waals surface area contributed by atoms with Crippen LogP contribution in [0.5, 0.6) is 5.75 Å². The number of rotatable bonds is 8. The van der Waals surface area contributed by atoms with Crippen LogP contribution < -0.4 is 10.1 Å². The van der Waals surface area contributed by atoms with E-state index in [1.807, 2.05) is 0 Å². The number of carbonyl (C=O) groups is 2. The maximum atomic E-state index is 12.4. The highest BCUT2D eigenvalue weighted by atomic mass is 35.5. The van der Waals surface area contributed by atoms with Crippen LogP contribution in [-0.4, -0.2) is 45.3 Å². The van der Waals surface area contributed by atoms with Crippen molar-refractivity contribution in [2.45, 2.75) is 6.54 Å². The lowest BCUT2D eigenvalue weighted by atomic mass is 10.2. The first-order valence-corrected chi connectivity index (χ1v) is 9.13. The average molecular weight is 436 g/mol. The fraction of sp³-hybridized carbons (Fsp3) is 0.167. The molecular weight excluding hydrogens is 421 g/mol. The SMILES string of the molecule is O=C(Cn1cnnn1)Nc1ccccc1C(=O)OCCOc1ccc(Cl)cc1Cl. The third kappa shape index (κ3) is 5.90. The van der Waals surface area contributed by atoms with Crippen LogP contribution in [0.25, 0.3) is 0 Å². The highest BCUT2D eigenvalue weighted by Crippen LogP contribution is 2.27. The Kier molecular flexibility index (Phi) is 6.99. The number of para-hydroxylation sites is 1. The summed E-state index contributed by atoms with van der Waals surface area (Å²) in [5, 5.41) is 14.0. The van der Waals surface area contributed by atoms with Crippen molar-refractivity contribution in [3.05, 3.63) is 64.4 Å². The summed E-state index contributed by atoms with van der Waals surface area (Å²) in [7, 11) is 0. The molecule has 150 valence electrons. The number of nitrogens with one attached hydrogen (secondary N) is 1. The van der Waals surface area contributed by atoms with Gasteiger partial charge in [0.15, 0.2) is 0 Å². The summed E-state index contributed by atoms with van der Waals surface area (Å²) >= 11 is 11.8. The molecule has 0 radical (unpaired) electrons. The van der Waals surface area contributed by atoms with Crippen LogP contribution in [0, 0.1) is 0 Å². The molecule has 3 aromatic rings. The predicted molar refractivity (Wildman–Crippen MR) is 105 cm³/mol. The first kappa shape index (κ1) is 20.6. The molecule has 11 heteroatoms. The molecule has 9 nitrogen and oxygen atoms in total. The molecule has 0 saturated carbocycles. The van der Waals surface area contributed by atoms with Crippen LogP contribution in [0.15, 0.2) is 48.8 Å². The van der Waals surface area contributed by atoms with Gasteiger partial charge in [0.25, 0.3) is 0 Å². The normalized spacial score (nSPS) is 10.4. The number of hydrogen-bond donors (Lipinski definition) is 1. The number of benzene rings is 2. The monoisotopic (exact) mass is 435 g/mol. The lowest BCUT2D eigenvalue weighted by Gasteiger charge is -2.12. The maximum absolute atomic E-state index is 12.4. The second-order valence-corrected chi connectivity index (χ2v) is 6.50. The fourth-order valence-corrected chi connectivity index (χ4v) is 2.78. The molecule has 3 rings (SSSR count). The smallest absolute Gasteiger partial charge is 0.340 e. The summed E-state index contributed by atoms with van der Waals surface area (Å²) in [6, 6.07) is 11.3. The summed E-state index contributed by atoms with van der Waals surface area (Å²) in [4.78, 5) is 24.5. The number of tetrazole rings is 1. The van der Waals surface area contributed by atoms with E-state index >= 15 is 0 Å². The molecule has 0 bridgehead atoms. The van der Waals surface area contributed by atoms with Gasteiger partial charge in [0.1, 0.15) is 31.8 Å².